The van der Waals surface area contributed by atoms with Crippen molar-refractivity contribution in [3.63, 3.8) is 0 Å². The van der Waals surface area contributed by atoms with Crippen LogP contribution in [0.5, 0.6) is 0 Å². The van der Waals surface area contributed by atoms with Crippen molar-refractivity contribution < 1.29 is 4.79 Å². The van der Waals surface area contributed by atoms with Crippen LogP contribution in [0.3, 0.4) is 0 Å². The molecule has 1 aliphatic heterocycles. The first kappa shape index (κ1) is 16.7. The monoisotopic (exact) mass is 323 g/mol. The molecule has 2 aromatic carbocycles. The summed E-state index contributed by atoms with van der Waals surface area (Å²) in [6, 6.07) is 14.2. The van der Waals surface area contributed by atoms with Crippen molar-refractivity contribution in [1.82, 2.24) is 10.3 Å². The molecule has 1 fully saturated rings. The lowest BCUT2D eigenvalue weighted by molar-refractivity contribution is -0.120. The molecule has 1 N–H and O–H groups in total. The zero-order valence-electron chi connectivity index (χ0n) is 14.3. The number of fused-ring (bicyclic) bond motifs is 1. The van der Waals surface area contributed by atoms with Gasteiger partial charge in [-0.1, -0.05) is 49.4 Å². The lowest BCUT2D eigenvalue weighted by Crippen LogP contribution is -2.35. The van der Waals surface area contributed by atoms with Crippen molar-refractivity contribution in [1.29, 1.82) is 0 Å². The number of piperidine rings is 1. The minimum absolute atomic E-state index is 0.0464. The van der Waals surface area contributed by atoms with Gasteiger partial charge in [-0.25, -0.2) is 5.43 Å². The number of nitrogens with one attached hydrogen (secondary N) is 1. The van der Waals surface area contributed by atoms with E-state index < -0.39 is 0 Å². The average Bonchev–Trinajstić information content (AvgIpc) is 2.62. The Labute approximate surface area is 143 Å². The maximum atomic E-state index is 12.2. The zero-order chi connectivity index (χ0) is 16.8. The van der Waals surface area contributed by atoms with E-state index in [0.717, 1.165) is 54.5 Å². The fourth-order valence-electron chi connectivity index (χ4n) is 3.26. The van der Waals surface area contributed by atoms with E-state index in [1.165, 1.54) is 6.42 Å². The summed E-state index contributed by atoms with van der Waals surface area (Å²) in [5.74, 6) is -0.0464. The van der Waals surface area contributed by atoms with Crippen LogP contribution in [0.15, 0.2) is 47.6 Å². The van der Waals surface area contributed by atoms with Gasteiger partial charge in [0.05, 0.1) is 6.42 Å². The van der Waals surface area contributed by atoms with Gasteiger partial charge >= 0.3 is 0 Å². The van der Waals surface area contributed by atoms with Gasteiger partial charge in [0.15, 0.2) is 0 Å². The maximum absolute atomic E-state index is 12.2. The SMILES string of the molecule is CCCN1CCC(=NNC(=O)Cc2cccc3ccccc23)CC1. The van der Waals surface area contributed by atoms with Crippen LogP contribution in [-0.2, 0) is 11.2 Å². The van der Waals surface area contributed by atoms with Gasteiger partial charge in [0.25, 0.3) is 0 Å². The van der Waals surface area contributed by atoms with Crippen molar-refractivity contribution in [2.24, 2.45) is 5.10 Å². The van der Waals surface area contributed by atoms with E-state index >= 15 is 0 Å². The molecule has 1 amide bonds. The highest BCUT2D eigenvalue weighted by Gasteiger charge is 2.14. The molecule has 4 nitrogen and oxygen atoms in total. The summed E-state index contributed by atoms with van der Waals surface area (Å²) in [4.78, 5) is 14.7. The number of carbonyl (C=O) groups is 1. The summed E-state index contributed by atoms with van der Waals surface area (Å²) in [6.45, 7) is 5.45. The molecule has 0 aromatic heterocycles. The van der Waals surface area contributed by atoms with Gasteiger partial charge in [-0.05, 0) is 29.3 Å². The molecule has 0 spiro atoms. The predicted octanol–water partition coefficient (Wildman–Crippen LogP) is 3.36. The minimum atomic E-state index is -0.0464. The van der Waals surface area contributed by atoms with Gasteiger partial charge in [-0.2, -0.15) is 5.10 Å². The largest absolute Gasteiger partial charge is 0.303 e. The van der Waals surface area contributed by atoms with E-state index in [2.05, 4.69) is 40.5 Å². The van der Waals surface area contributed by atoms with Crippen molar-refractivity contribution in [2.45, 2.75) is 32.6 Å². The van der Waals surface area contributed by atoms with Crippen molar-refractivity contribution in [3.8, 4) is 0 Å². The number of rotatable bonds is 5. The van der Waals surface area contributed by atoms with Crippen LogP contribution in [0.2, 0.25) is 0 Å². The summed E-state index contributed by atoms with van der Waals surface area (Å²) in [7, 11) is 0. The summed E-state index contributed by atoms with van der Waals surface area (Å²) < 4.78 is 0. The fourth-order valence-corrected chi connectivity index (χ4v) is 3.26. The molecule has 2 aromatic rings. The third-order valence-corrected chi connectivity index (χ3v) is 4.54. The molecular formula is C20H25N3O. The molecule has 0 aliphatic carbocycles. The summed E-state index contributed by atoms with van der Waals surface area (Å²) >= 11 is 0. The summed E-state index contributed by atoms with van der Waals surface area (Å²) in [5, 5.41) is 6.64. The molecule has 1 saturated heterocycles. The molecule has 0 radical (unpaired) electrons. The minimum Gasteiger partial charge on any atom is -0.303 e. The second-order valence-corrected chi connectivity index (χ2v) is 6.37. The van der Waals surface area contributed by atoms with E-state index in [9.17, 15) is 4.79 Å². The summed E-state index contributed by atoms with van der Waals surface area (Å²) in [5.41, 5.74) is 4.89. The first-order chi connectivity index (χ1) is 11.8. The Kier molecular flexibility index (Phi) is 5.59. The normalized spacial score (nSPS) is 15.5. The van der Waals surface area contributed by atoms with Gasteiger partial charge < -0.3 is 4.90 Å². The van der Waals surface area contributed by atoms with Crippen LogP contribution in [0, 0.1) is 0 Å². The standard InChI is InChI=1S/C20H25N3O/c1-2-12-23-13-10-18(11-14-23)21-22-20(24)15-17-8-5-7-16-6-3-4-9-19(16)17/h3-9H,2,10-15H2,1H3,(H,22,24). The maximum Gasteiger partial charge on any atom is 0.244 e. The molecule has 4 heteroatoms. The van der Waals surface area contributed by atoms with Crippen LogP contribution in [-0.4, -0.2) is 36.2 Å². The second kappa shape index (κ2) is 8.06. The van der Waals surface area contributed by atoms with E-state index in [1.807, 2.05) is 24.3 Å². The number of nitrogens with zero attached hydrogens (tertiary/aromatic N) is 2. The quantitative estimate of drug-likeness (QED) is 0.858. The Morgan fingerprint density at radius 1 is 1.12 bits per heavy atom. The van der Waals surface area contributed by atoms with E-state index in [1.54, 1.807) is 0 Å². The van der Waals surface area contributed by atoms with Crippen molar-refractivity contribution in [3.05, 3.63) is 48.0 Å². The molecule has 126 valence electrons. The zero-order valence-corrected chi connectivity index (χ0v) is 14.3. The van der Waals surface area contributed by atoms with Crippen molar-refractivity contribution >= 4 is 22.4 Å². The van der Waals surface area contributed by atoms with Gasteiger partial charge in [-0.15, -0.1) is 0 Å². The highest BCUT2D eigenvalue weighted by molar-refractivity contribution is 5.91. The molecule has 0 saturated carbocycles. The molecule has 0 unspecified atom stereocenters. The predicted molar refractivity (Wildman–Crippen MR) is 99.2 cm³/mol. The number of hydrogen-bond donors (Lipinski definition) is 1. The highest BCUT2D eigenvalue weighted by Crippen LogP contribution is 2.18. The Bertz CT molecular complexity index is 723. The van der Waals surface area contributed by atoms with E-state index in [0.29, 0.717) is 6.42 Å². The third kappa shape index (κ3) is 4.20. The first-order valence-corrected chi connectivity index (χ1v) is 8.79. The van der Waals surface area contributed by atoms with Gasteiger partial charge in [0.2, 0.25) is 5.91 Å². The molecule has 0 atom stereocenters. The van der Waals surface area contributed by atoms with Gasteiger partial charge in [0, 0.05) is 31.6 Å². The van der Waals surface area contributed by atoms with Gasteiger partial charge in [0.1, 0.15) is 0 Å². The number of benzene rings is 2. The number of likely N-dealkylation sites (tertiary alicyclic amines) is 1. The van der Waals surface area contributed by atoms with Crippen LogP contribution >= 0.6 is 0 Å². The lowest BCUT2D eigenvalue weighted by Gasteiger charge is -2.26. The van der Waals surface area contributed by atoms with Gasteiger partial charge in [-0.3, -0.25) is 4.79 Å². The number of hydrazone groups is 1. The first-order valence-electron chi connectivity index (χ1n) is 8.79. The Morgan fingerprint density at radius 2 is 1.88 bits per heavy atom. The highest BCUT2D eigenvalue weighted by atomic mass is 16.2. The van der Waals surface area contributed by atoms with Crippen molar-refractivity contribution in [2.75, 3.05) is 19.6 Å². The molecule has 1 heterocycles. The van der Waals surface area contributed by atoms with E-state index in [4.69, 9.17) is 0 Å². The fraction of sp³-hybridized carbons (Fsp3) is 0.400. The molecule has 24 heavy (non-hydrogen) atoms. The molecular weight excluding hydrogens is 298 g/mol. The molecule has 0 bridgehead atoms. The second-order valence-electron chi connectivity index (χ2n) is 6.37. The topological polar surface area (TPSA) is 44.7 Å². The van der Waals surface area contributed by atoms with Crippen LogP contribution in [0.1, 0.15) is 31.7 Å². The molecule has 1 aliphatic rings. The number of carbonyl (C=O) groups excluding carboxylic acids is 1. The third-order valence-electron chi connectivity index (χ3n) is 4.54. The van der Waals surface area contributed by atoms with Crippen LogP contribution in [0.4, 0.5) is 0 Å². The Hall–Kier alpha value is -2.20. The Morgan fingerprint density at radius 3 is 2.67 bits per heavy atom. The Balaban J connectivity index is 1.57. The van der Waals surface area contributed by atoms with Crippen LogP contribution < -0.4 is 5.43 Å². The van der Waals surface area contributed by atoms with Crippen LogP contribution in [0.25, 0.3) is 10.8 Å². The number of amides is 1. The smallest absolute Gasteiger partial charge is 0.244 e. The number of hydrogen-bond acceptors (Lipinski definition) is 3. The molecule has 3 rings (SSSR count). The van der Waals surface area contributed by atoms with E-state index in [-0.39, 0.29) is 5.91 Å². The lowest BCUT2D eigenvalue weighted by atomic mass is 10.0. The average molecular weight is 323 g/mol. The summed E-state index contributed by atoms with van der Waals surface area (Å²) in [6.07, 6.45) is 3.46.